The van der Waals surface area contributed by atoms with Gasteiger partial charge in [0.05, 0.1) is 16.8 Å². The van der Waals surface area contributed by atoms with E-state index in [1.807, 2.05) is 4.90 Å². The fraction of sp³-hybridized carbons (Fsp3) is 0.458. The number of rotatable bonds is 7. The molecule has 2 aliphatic rings. The zero-order valence-electron chi connectivity index (χ0n) is 19.2. The van der Waals surface area contributed by atoms with Crippen molar-refractivity contribution in [2.24, 2.45) is 0 Å². The molecule has 1 aromatic carbocycles. The Balaban J connectivity index is 1.48. The van der Waals surface area contributed by atoms with Crippen molar-refractivity contribution < 1.29 is 23.1 Å². The average Bonchev–Trinajstić information content (AvgIpc) is 2.84. The number of carboxylic acid groups (broad SMARTS) is 1. The Kier molecular flexibility index (Phi) is 7.18. The zero-order valence-corrected chi connectivity index (χ0v) is 20.1. The molecule has 1 aromatic heterocycles. The fourth-order valence-corrected chi connectivity index (χ4v) is 5.77. The van der Waals surface area contributed by atoms with Crippen LogP contribution in [-0.4, -0.2) is 67.4 Å². The van der Waals surface area contributed by atoms with Crippen molar-refractivity contribution in [3.05, 3.63) is 47.7 Å². The number of carbonyl (C=O) groups is 2. The Labute approximate surface area is 199 Å². The molecule has 4 rings (SSSR count). The molecule has 2 fully saturated rings. The van der Waals surface area contributed by atoms with Gasteiger partial charge < -0.3 is 14.9 Å². The summed E-state index contributed by atoms with van der Waals surface area (Å²) in [5, 5.41) is 9.79. The number of aromatic carboxylic acids is 1. The molecule has 2 N–H and O–H groups in total. The molecular weight excluding hydrogens is 456 g/mol. The van der Waals surface area contributed by atoms with Crippen LogP contribution < -0.4 is 9.62 Å². The second-order valence-electron chi connectivity index (χ2n) is 8.90. The number of nitrogens with one attached hydrogen (secondary N) is 1. The molecule has 2 aliphatic heterocycles. The highest BCUT2D eigenvalue weighted by Crippen LogP contribution is 2.28. The van der Waals surface area contributed by atoms with E-state index < -0.39 is 16.0 Å². The maximum absolute atomic E-state index is 12.8. The molecule has 0 amide bonds. The summed E-state index contributed by atoms with van der Waals surface area (Å²) in [4.78, 5) is 32.2. The molecule has 10 heteroatoms. The van der Waals surface area contributed by atoms with Gasteiger partial charge >= 0.3 is 5.97 Å². The molecule has 0 aliphatic carbocycles. The number of hydrogen-bond acceptors (Lipinski definition) is 7. The van der Waals surface area contributed by atoms with E-state index in [1.165, 1.54) is 62.7 Å². The van der Waals surface area contributed by atoms with E-state index in [9.17, 15) is 23.1 Å². The number of carboxylic acids is 1. The Hall–Kier alpha value is -2.98. The van der Waals surface area contributed by atoms with Crippen LogP contribution in [-0.2, 0) is 10.0 Å². The van der Waals surface area contributed by atoms with Crippen molar-refractivity contribution in [1.29, 1.82) is 0 Å². The number of likely N-dealkylation sites (tertiary alicyclic amines) is 1. The smallest absolute Gasteiger partial charge is 0.339 e. The molecule has 0 unspecified atom stereocenters. The number of carbonyl (C=O) groups excluding carboxylic acids is 1. The van der Waals surface area contributed by atoms with Crippen LogP contribution >= 0.6 is 0 Å². The number of Topliss-reactive ketones (excluding diaryl/α,β-unsaturated/α-hetero) is 1. The summed E-state index contributed by atoms with van der Waals surface area (Å²) in [6.45, 7) is 5.09. The van der Waals surface area contributed by atoms with E-state index in [-0.39, 0.29) is 21.9 Å². The van der Waals surface area contributed by atoms with Crippen LogP contribution in [0.2, 0.25) is 0 Å². The highest BCUT2D eigenvalue weighted by atomic mass is 32.2. The number of nitrogens with zero attached hydrogens (tertiary/aromatic N) is 3. The molecule has 34 heavy (non-hydrogen) atoms. The van der Waals surface area contributed by atoms with Crippen LogP contribution in [0.4, 0.5) is 11.5 Å². The molecule has 3 heterocycles. The second-order valence-corrected chi connectivity index (χ2v) is 10.6. The van der Waals surface area contributed by atoms with Crippen LogP contribution in [0.25, 0.3) is 0 Å². The number of sulfonamides is 1. The lowest BCUT2D eigenvalue weighted by Gasteiger charge is -2.40. The summed E-state index contributed by atoms with van der Waals surface area (Å²) < 4.78 is 27.9. The number of pyridine rings is 1. The lowest BCUT2D eigenvalue weighted by atomic mass is 9.99. The summed E-state index contributed by atoms with van der Waals surface area (Å²) in [7, 11) is -3.97. The first-order valence-corrected chi connectivity index (χ1v) is 13.1. The minimum absolute atomic E-state index is 0.0294. The van der Waals surface area contributed by atoms with E-state index in [0.717, 1.165) is 25.9 Å². The minimum atomic E-state index is -3.97. The van der Waals surface area contributed by atoms with Gasteiger partial charge in [-0.2, -0.15) is 0 Å². The number of anilines is 2. The van der Waals surface area contributed by atoms with Gasteiger partial charge in [0.25, 0.3) is 10.0 Å². The number of piperidine rings is 2. The maximum Gasteiger partial charge on any atom is 0.339 e. The summed E-state index contributed by atoms with van der Waals surface area (Å²) in [5.74, 6) is -0.964. The van der Waals surface area contributed by atoms with Gasteiger partial charge in [0, 0.05) is 24.7 Å². The molecule has 0 radical (unpaired) electrons. The standard InChI is InChI=1S/C24H30N4O5S/c1-17(29)18-5-7-21(8-6-18)34(32,33)26-19-15-22(24(30)31)23(25-16-19)28-13-9-20(10-14-28)27-11-3-2-4-12-27/h5-8,15-16,20,26H,2-4,9-14H2,1H3,(H,30,31). The summed E-state index contributed by atoms with van der Waals surface area (Å²) in [6, 6.07) is 7.38. The maximum atomic E-state index is 12.8. The predicted octanol–water partition coefficient (Wildman–Crippen LogP) is 3.24. The fourth-order valence-electron chi connectivity index (χ4n) is 4.73. The van der Waals surface area contributed by atoms with Gasteiger partial charge in [-0.25, -0.2) is 18.2 Å². The SMILES string of the molecule is CC(=O)c1ccc(S(=O)(=O)Nc2cnc(N3CCC(N4CCCCC4)CC3)c(C(=O)O)c2)cc1. The predicted molar refractivity (Wildman–Crippen MR) is 129 cm³/mol. The third kappa shape index (κ3) is 5.39. The minimum Gasteiger partial charge on any atom is -0.478 e. The van der Waals surface area contributed by atoms with Crippen LogP contribution in [0, 0.1) is 0 Å². The topological polar surface area (TPSA) is 120 Å². The summed E-state index contributed by atoms with van der Waals surface area (Å²) >= 11 is 0. The number of benzene rings is 1. The molecular formula is C24H30N4O5S. The van der Waals surface area contributed by atoms with Crippen molar-refractivity contribution in [3.8, 4) is 0 Å². The Morgan fingerprint density at radius 1 is 1.03 bits per heavy atom. The van der Waals surface area contributed by atoms with Crippen molar-refractivity contribution in [2.75, 3.05) is 35.8 Å². The molecule has 0 saturated carbocycles. The highest BCUT2D eigenvalue weighted by Gasteiger charge is 2.28. The number of aromatic nitrogens is 1. The Bertz CT molecular complexity index is 1150. The zero-order chi connectivity index (χ0) is 24.3. The first-order valence-electron chi connectivity index (χ1n) is 11.6. The van der Waals surface area contributed by atoms with E-state index in [0.29, 0.717) is 30.5 Å². The normalized spacial score (nSPS) is 18.0. The molecule has 182 valence electrons. The highest BCUT2D eigenvalue weighted by molar-refractivity contribution is 7.92. The average molecular weight is 487 g/mol. The van der Waals surface area contributed by atoms with Gasteiger partial charge in [-0.05, 0) is 63.9 Å². The third-order valence-electron chi connectivity index (χ3n) is 6.59. The van der Waals surface area contributed by atoms with Crippen molar-refractivity contribution in [1.82, 2.24) is 9.88 Å². The van der Waals surface area contributed by atoms with Crippen molar-refractivity contribution in [3.63, 3.8) is 0 Å². The number of ketones is 1. The monoisotopic (exact) mass is 486 g/mol. The lowest BCUT2D eigenvalue weighted by molar-refractivity contribution is 0.0696. The largest absolute Gasteiger partial charge is 0.478 e. The molecule has 0 spiro atoms. The van der Waals surface area contributed by atoms with Gasteiger partial charge in [0.15, 0.2) is 5.78 Å². The van der Waals surface area contributed by atoms with Crippen molar-refractivity contribution >= 4 is 33.3 Å². The van der Waals surface area contributed by atoms with E-state index in [4.69, 9.17) is 0 Å². The lowest BCUT2D eigenvalue weighted by Crippen LogP contribution is -2.47. The van der Waals surface area contributed by atoms with Gasteiger partial charge in [0.1, 0.15) is 11.4 Å². The second kappa shape index (κ2) is 10.1. The molecule has 2 aromatic rings. The quantitative estimate of drug-likeness (QED) is 0.573. The molecule has 9 nitrogen and oxygen atoms in total. The summed E-state index contributed by atoms with van der Waals surface area (Å²) in [6.07, 6.45) is 7.02. The molecule has 2 saturated heterocycles. The Morgan fingerprint density at radius 3 is 2.26 bits per heavy atom. The third-order valence-corrected chi connectivity index (χ3v) is 7.99. The first kappa shape index (κ1) is 24.2. The van der Waals surface area contributed by atoms with E-state index >= 15 is 0 Å². The van der Waals surface area contributed by atoms with Gasteiger partial charge in [0.2, 0.25) is 0 Å². The van der Waals surface area contributed by atoms with Crippen LogP contribution in [0.1, 0.15) is 59.7 Å². The molecule has 0 bridgehead atoms. The van der Waals surface area contributed by atoms with Gasteiger partial charge in [-0.15, -0.1) is 0 Å². The Morgan fingerprint density at radius 2 is 1.68 bits per heavy atom. The van der Waals surface area contributed by atoms with Crippen LogP contribution in [0.5, 0.6) is 0 Å². The van der Waals surface area contributed by atoms with E-state index in [2.05, 4.69) is 14.6 Å². The van der Waals surface area contributed by atoms with Crippen LogP contribution in [0.15, 0.2) is 41.4 Å². The van der Waals surface area contributed by atoms with Crippen LogP contribution in [0.3, 0.4) is 0 Å². The van der Waals surface area contributed by atoms with E-state index in [1.54, 1.807) is 0 Å². The number of hydrogen-bond donors (Lipinski definition) is 2. The van der Waals surface area contributed by atoms with Gasteiger partial charge in [-0.3, -0.25) is 9.52 Å². The molecule has 0 atom stereocenters. The summed E-state index contributed by atoms with van der Waals surface area (Å²) in [5.41, 5.74) is 0.436. The van der Waals surface area contributed by atoms with Gasteiger partial charge in [-0.1, -0.05) is 18.6 Å². The van der Waals surface area contributed by atoms with Crippen molar-refractivity contribution in [2.45, 2.75) is 50.0 Å². The first-order chi connectivity index (χ1) is 16.2.